The molecular weight excluding hydrogens is 362 g/mol. The van der Waals surface area contributed by atoms with E-state index in [0.29, 0.717) is 24.5 Å². The molecule has 0 spiro atoms. The minimum absolute atomic E-state index is 0.146. The predicted molar refractivity (Wildman–Crippen MR) is 104 cm³/mol. The van der Waals surface area contributed by atoms with Crippen LogP contribution in [0, 0.1) is 6.92 Å². The zero-order valence-electron chi connectivity index (χ0n) is 16.5. The Morgan fingerprint density at radius 1 is 0.929 bits per heavy atom. The third-order valence-corrected chi connectivity index (χ3v) is 4.24. The van der Waals surface area contributed by atoms with Crippen molar-refractivity contribution in [3.63, 3.8) is 0 Å². The van der Waals surface area contributed by atoms with Crippen LogP contribution in [0.5, 0.6) is 17.2 Å². The smallest absolute Gasteiger partial charge is 0.342 e. The molecule has 0 bridgehead atoms. The summed E-state index contributed by atoms with van der Waals surface area (Å²) in [6, 6.07) is 11.0. The van der Waals surface area contributed by atoms with Gasteiger partial charge in [-0.3, -0.25) is 4.79 Å². The van der Waals surface area contributed by atoms with Crippen LogP contribution in [0.15, 0.2) is 36.4 Å². The van der Waals surface area contributed by atoms with Crippen molar-refractivity contribution in [2.45, 2.75) is 13.3 Å². The number of carbonyl (C=O) groups is 2. The summed E-state index contributed by atoms with van der Waals surface area (Å²) in [7, 11) is 4.37. The summed E-state index contributed by atoms with van der Waals surface area (Å²) in [5, 5.41) is 2.74. The van der Waals surface area contributed by atoms with Crippen molar-refractivity contribution in [3.05, 3.63) is 53.1 Å². The molecular formula is C21H25NO6. The molecule has 0 aliphatic carbocycles. The van der Waals surface area contributed by atoms with Crippen molar-refractivity contribution in [1.29, 1.82) is 0 Å². The summed E-state index contributed by atoms with van der Waals surface area (Å²) in [6.07, 6.45) is 0.704. The number of carbonyl (C=O) groups excluding carboxylic acids is 2. The van der Waals surface area contributed by atoms with Crippen LogP contribution >= 0.6 is 0 Å². The first-order valence-electron chi connectivity index (χ1n) is 8.78. The predicted octanol–water partition coefficient (Wildman–Crippen LogP) is 2.54. The Morgan fingerprint density at radius 3 is 2.21 bits per heavy atom. The SMILES string of the molecule is COc1cc(OC)c(C(=O)OCC(=O)NCCc2ccccc2C)cc1OC. The van der Waals surface area contributed by atoms with Gasteiger partial charge < -0.3 is 24.3 Å². The van der Waals surface area contributed by atoms with Gasteiger partial charge in [0.1, 0.15) is 11.3 Å². The number of nitrogens with one attached hydrogen (secondary N) is 1. The molecule has 0 aromatic heterocycles. The minimum atomic E-state index is -0.688. The van der Waals surface area contributed by atoms with Crippen LogP contribution in [0.2, 0.25) is 0 Å². The van der Waals surface area contributed by atoms with Gasteiger partial charge in [-0.05, 0) is 24.5 Å². The average Bonchev–Trinajstić information content (AvgIpc) is 2.72. The summed E-state index contributed by atoms with van der Waals surface area (Å²) in [6.45, 7) is 2.10. The molecule has 0 radical (unpaired) electrons. The lowest BCUT2D eigenvalue weighted by Crippen LogP contribution is -2.30. The number of aryl methyl sites for hydroxylation is 1. The van der Waals surface area contributed by atoms with E-state index in [1.54, 1.807) is 0 Å². The molecule has 7 nitrogen and oxygen atoms in total. The Bertz CT molecular complexity index is 834. The Kier molecular flexibility index (Phi) is 7.68. The number of methoxy groups -OCH3 is 3. The maximum atomic E-state index is 12.4. The highest BCUT2D eigenvalue weighted by molar-refractivity contribution is 5.95. The van der Waals surface area contributed by atoms with E-state index in [1.807, 2.05) is 31.2 Å². The molecule has 0 aliphatic rings. The second-order valence-corrected chi connectivity index (χ2v) is 6.01. The maximum absolute atomic E-state index is 12.4. The minimum Gasteiger partial charge on any atom is -0.496 e. The molecule has 0 heterocycles. The number of ether oxygens (including phenoxy) is 4. The fraction of sp³-hybridized carbons (Fsp3) is 0.333. The summed E-state index contributed by atoms with van der Waals surface area (Å²) in [5.74, 6) is -0.0152. The van der Waals surface area contributed by atoms with Crippen LogP contribution in [0.1, 0.15) is 21.5 Å². The highest BCUT2D eigenvalue weighted by Gasteiger charge is 2.19. The van der Waals surface area contributed by atoms with Gasteiger partial charge >= 0.3 is 5.97 Å². The maximum Gasteiger partial charge on any atom is 0.342 e. The molecule has 0 atom stereocenters. The van der Waals surface area contributed by atoms with Gasteiger partial charge in [0.05, 0.1) is 21.3 Å². The molecule has 2 aromatic rings. The number of rotatable bonds is 9. The molecule has 1 amide bonds. The van der Waals surface area contributed by atoms with Gasteiger partial charge in [0.25, 0.3) is 5.91 Å². The third-order valence-electron chi connectivity index (χ3n) is 4.24. The lowest BCUT2D eigenvalue weighted by Gasteiger charge is -2.13. The summed E-state index contributed by atoms with van der Waals surface area (Å²) >= 11 is 0. The quantitative estimate of drug-likeness (QED) is 0.666. The van der Waals surface area contributed by atoms with E-state index in [4.69, 9.17) is 18.9 Å². The molecule has 0 saturated carbocycles. The first-order chi connectivity index (χ1) is 13.5. The lowest BCUT2D eigenvalue weighted by atomic mass is 10.1. The molecule has 0 aliphatic heterocycles. The Balaban J connectivity index is 1.90. The highest BCUT2D eigenvalue weighted by Crippen LogP contribution is 2.34. The zero-order valence-corrected chi connectivity index (χ0v) is 16.5. The molecule has 150 valence electrons. The fourth-order valence-electron chi connectivity index (χ4n) is 2.68. The molecule has 2 aromatic carbocycles. The van der Waals surface area contributed by atoms with Crippen LogP contribution in [0.4, 0.5) is 0 Å². The van der Waals surface area contributed by atoms with Gasteiger partial charge in [0.2, 0.25) is 0 Å². The fourth-order valence-corrected chi connectivity index (χ4v) is 2.68. The van der Waals surface area contributed by atoms with Crippen molar-refractivity contribution in [2.75, 3.05) is 34.5 Å². The normalized spacial score (nSPS) is 10.1. The first-order valence-corrected chi connectivity index (χ1v) is 8.78. The number of hydrogen-bond donors (Lipinski definition) is 1. The number of amides is 1. The van der Waals surface area contributed by atoms with Crippen molar-refractivity contribution in [2.24, 2.45) is 0 Å². The number of benzene rings is 2. The van der Waals surface area contributed by atoms with Gasteiger partial charge in [-0.25, -0.2) is 4.79 Å². The molecule has 7 heteroatoms. The van der Waals surface area contributed by atoms with Crippen molar-refractivity contribution in [3.8, 4) is 17.2 Å². The second-order valence-electron chi connectivity index (χ2n) is 6.01. The topological polar surface area (TPSA) is 83.1 Å². The largest absolute Gasteiger partial charge is 0.496 e. The monoisotopic (exact) mass is 387 g/mol. The van der Waals surface area contributed by atoms with Crippen molar-refractivity contribution in [1.82, 2.24) is 5.32 Å². The van der Waals surface area contributed by atoms with Gasteiger partial charge in [0.15, 0.2) is 18.1 Å². The van der Waals surface area contributed by atoms with E-state index >= 15 is 0 Å². The Hall–Kier alpha value is -3.22. The van der Waals surface area contributed by atoms with Gasteiger partial charge in [-0.15, -0.1) is 0 Å². The van der Waals surface area contributed by atoms with E-state index in [-0.39, 0.29) is 23.8 Å². The van der Waals surface area contributed by atoms with Crippen LogP contribution in [-0.2, 0) is 16.0 Å². The second kappa shape index (κ2) is 10.2. The zero-order chi connectivity index (χ0) is 20.5. The van der Waals surface area contributed by atoms with Gasteiger partial charge in [-0.2, -0.15) is 0 Å². The summed E-state index contributed by atoms with van der Waals surface area (Å²) in [4.78, 5) is 24.3. The van der Waals surface area contributed by atoms with Gasteiger partial charge in [-0.1, -0.05) is 24.3 Å². The average molecular weight is 387 g/mol. The summed E-state index contributed by atoms with van der Waals surface area (Å²) in [5.41, 5.74) is 2.48. The molecule has 2 rings (SSSR count). The first kappa shape index (κ1) is 21.1. The Labute approximate surface area is 164 Å². The molecule has 0 saturated heterocycles. The van der Waals surface area contributed by atoms with E-state index in [2.05, 4.69) is 5.32 Å². The van der Waals surface area contributed by atoms with Crippen molar-refractivity contribution < 1.29 is 28.5 Å². The molecule has 28 heavy (non-hydrogen) atoms. The van der Waals surface area contributed by atoms with Crippen LogP contribution in [0.3, 0.4) is 0 Å². The van der Waals surface area contributed by atoms with Gasteiger partial charge in [0, 0.05) is 18.7 Å². The number of esters is 1. The van der Waals surface area contributed by atoms with E-state index < -0.39 is 5.97 Å². The standard InChI is InChI=1S/C21H25NO6/c1-14-7-5-6-8-15(14)9-10-22-20(23)13-28-21(24)16-11-18(26-3)19(27-4)12-17(16)25-2/h5-8,11-12H,9-10,13H2,1-4H3,(H,22,23). The lowest BCUT2D eigenvalue weighted by molar-refractivity contribution is -0.124. The molecule has 0 unspecified atom stereocenters. The van der Waals surface area contributed by atoms with Crippen LogP contribution in [0.25, 0.3) is 0 Å². The molecule has 1 N–H and O–H groups in total. The third kappa shape index (κ3) is 5.39. The van der Waals surface area contributed by atoms with E-state index in [1.165, 1.54) is 39.0 Å². The van der Waals surface area contributed by atoms with Crippen LogP contribution < -0.4 is 19.5 Å². The number of hydrogen-bond acceptors (Lipinski definition) is 6. The molecule has 0 fully saturated rings. The van der Waals surface area contributed by atoms with E-state index in [0.717, 1.165) is 5.56 Å². The highest BCUT2D eigenvalue weighted by atomic mass is 16.5. The van der Waals surface area contributed by atoms with Crippen LogP contribution in [-0.4, -0.2) is 46.4 Å². The summed E-state index contributed by atoms with van der Waals surface area (Å²) < 4.78 is 20.7. The van der Waals surface area contributed by atoms with E-state index in [9.17, 15) is 9.59 Å². The Morgan fingerprint density at radius 2 is 1.57 bits per heavy atom. The van der Waals surface area contributed by atoms with Crippen molar-refractivity contribution >= 4 is 11.9 Å².